The Bertz CT molecular complexity index is 1840. The zero-order valence-corrected chi connectivity index (χ0v) is 59.1. The molecule has 13 aliphatic heterocycles. The highest BCUT2D eigenvalue weighted by Gasteiger charge is 2.44. The van der Waals surface area contributed by atoms with Crippen molar-refractivity contribution in [2.75, 3.05) is 114 Å². The molecule has 2 aliphatic carbocycles. The molecule has 12 atom stereocenters. The number of piperidine rings is 1. The van der Waals surface area contributed by atoms with Crippen molar-refractivity contribution < 1.29 is 0 Å². The predicted octanol–water partition coefficient (Wildman–Crippen LogP) is 11.8. The molecule has 15 aliphatic rings. The molecule has 13 heterocycles. The predicted molar refractivity (Wildman–Crippen MR) is 368 cm³/mol. The summed E-state index contributed by atoms with van der Waals surface area (Å²) in [6, 6.07) is 15.7. The van der Waals surface area contributed by atoms with Crippen LogP contribution < -0.4 is 0 Å². The molecular weight excluding hydrogens is 1040 g/mol. The molecule has 0 aromatic heterocycles. The van der Waals surface area contributed by atoms with Gasteiger partial charge in [-0.2, -0.15) is 0 Å². The zero-order chi connectivity index (χ0) is 60.7. The standard InChI is InChI=1S/2C11H22N2.C11H21N.2C10H20N2.C10H19N.C9H18N2.CH4/c1-9(2)13-7-6-10-4-5-11(8-13)12(10)3;1-9(2)13-10-4-5-11(13)8-12(3)7-6-10;1-9(2)12-8-7-10-3-5-11(12)6-4-10;1-8(2)12-6-9-4-5-10(7-12)11(9)3;1-8(2)12-9-4-5-10(12)7-11(3)6-9;1-8(2)11-6-5-9-3-4-10(11)7-9;1-7(2)11-6-8-4-9(11)5-10(8)3;/h2*9-11H,4-8H2,1-3H3;9-11H,3-8H2,1-2H3;2*8-10H,4-7H2,1-3H3;8-10H,3-7H2,1-2H3;7-9H,4-6H2,1-3H3;1H4. The van der Waals surface area contributed by atoms with Crippen LogP contribution in [0.3, 0.4) is 0 Å². The summed E-state index contributed by atoms with van der Waals surface area (Å²) < 4.78 is 0. The first kappa shape index (κ1) is 72.0. The number of likely N-dealkylation sites (N-methyl/N-ethyl adjacent to an activating group) is 5. The lowest BCUT2D eigenvalue weighted by Crippen LogP contribution is -2.54. The van der Waals surface area contributed by atoms with Crippen LogP contribution in [0.25, 0.3) is 0 Å². The van der Waals surface area contributed by atoms with E-state index in [1.54, 1.807) is 0 Å². The van der Waals surface area contributed by atoms with Crippen LogP contribution in [0.2, 0.25) is 0 Å². The van der Waals surface area contributed by atoms with Crippen LogP contribution >= 0.6 is 0 Å². The average molecular weight is 1190 g/mol. The van der Waals surface area contributed by atoms with Crippen molar-refractivity contribution in [2.45, 2.75) is 348 Å². The Balaban J connectivity index is 0.000000142. The van der Waals surface area contributed by atoms with Crippen molar-refractivity contribution in [3.63, 3.8) is 0 Å². The highest BCUT2D eigenvalue weighted by Crippen LogP contribution is 2.39. The van der Waals surface area contributed by atoms with Gasteiger partial charge in [-0.1, -0.05) is 7.43 Å². The van der Waals surface area contributed by atoms with E-state index in [0.717, 1.165) is 127 Å². The van der Waals surface area contributed by atoms with Crippen molar-refractivity contribution in [1.82, 2.24) is 58.8 Å². The molecule has 498 valence electrons. The molecule has 15 rings (SSSR count). The van der Waals surface area contributed by atoms with E-state index in [2.05, 4.69) is 191 Å². The van der Waals surface area contributed by atoms with Crippen molar-refractivity contribution in [1.29, 1.82) is 0 Å². The van der Waals surface area contributed by atoms with Crippen molar-refractivity contribution in [3.8, 4) is 0 Å². The van der Waals surface area contributed by atoms with E-state index in [0.29, 0.717) is 0 Å². The summed E-state index contributed by atoms with van der Waals surface area (Å²) in [6.45, 7) is 48.3. The monoisotopic (exact) mass is 1190 g/mol. The van der Waals surface area contributed by atoms with E-state index < -0.39 is 0 Å². The molecule has 0 spiro atoms. The Morgan fingerprint density at radius 2 is 0.659 bits per heavy atom. The quantitative estimate of drug-likeness (QED) is 0.244. The molecule has 14 bridgehead atoms. The van der Waals surface area contributed by atoms with E-state index in [1.165, 1.54) is 207 Å². The van der Waals surface area contributed by atoms with Gasteiger partial charge in [0.2, 0.25) is 0 Å². The van der Waals surface area contributed by atoms with Crippen molar-refractivity contribution >= 4 is 0 Å². The van der Waals surface area contributed by atoms with Crippen LogP contribution in [0.5, 0.6) is 0 Å². The van der Waals surface area contributed by atoms with E-state index in [4.69, 9.17) is 0 Å². The molecule has 0 N–H and O–H groups in total. The summed E-state index contributed by atoms with van der Waals surface area (Å²) in [4.78, 5) is 31.5. The lowest BCUT2D eigenvalue weighted by Gasteiger charge is -2.41. The third-order valence-electron chi connectivity index (χ3n) is 24.9. The first-order valence-corrected chi connectivity index (χ1v) is 36.8. The smallest absolute Gasteiger partial charge is 0.0241 e. The Morgan fingerprint density at radius 1 is 0.247 bits per heavy atom. The van der Waals surface area contributed by atoms with Gasteiger partial charge in [0.15, 0.2) is 0 Å². The average Bonchev–Trinajstić information content (AvgIpc) is 4.45. The number of likely N-dealkylation sites (tertiary alicyclic amines) is 7. The largest absolute Gasteiger partial charge is 0.305 e. The first-order valence-electron chi connectivity index (χ1n) is 36.8. The lowest BCUT2D eigenvalue weighted by atomic mass is 9.86. The molecule has 13 saturated heterocycles. The Hall–Kier alpha value is -0.480. The van der Waals surface area contributed by atoms with Crippen LogP contribution in [0.15, 0.2) is 0 Å². The fourth-order valence-corrected chi connectivity index (χ4v) is 19.8. The number of piperazine rings is 3. The van der Waals surface area contributed by atoms with E-state index in [-0.39, 0.29) is 7.43 Å². The van der Waals surface area contributed by atoms with E-state index in [1.807, 2.05) is 0 Å². The molecule has 0 radical (unpaired) electrons. The molecular formula is C73H146N12. The topological polar surface area (TPSA) is 38.9 Å². The molecule has 12 heteroatoms. The van der Waals surface area contributed by atoms with Crippen LogP contribution in [0.4, 0.5) is 0 Å². The van der Waals surface area contributed by atoms with E-state index in [9.17, 15) is 0 Å². The van der Waals surface area contributed by atoms with Crippen LogP contribution in [-0.4, -0.2) is 287 Å². The van der Waals surface area contributed by atoms with Crippen LogP contribution in [0.1, 0.15) is 233 Å². The molecule has 0 aromatic rings. The van der Waals surface area contributed by atoms with Crippen LogP contribution in [0, 0.1) is 11.8 Å². The van der Waals surface area contributed by atoms with Gasteiger partial charge in [-0.3, -0.25) is 44.1 Å². The molecule has 12 unspecified atom stereocenters. The molecule has 12 nitrogen and oxygen atoms in total. The fourth-order valence-electron chi connectivity index (χ4n) is 19.8. The Morgan fingerprint density at radius 3 is 1.15 bits per heavy atom. The molecule has 0 amide bonds. The third-order valence-corrected chi connectivity index (χ3v) is 24.9. The maximum absolute atomic E-state index is 2.75. The number of hydrogen-bond donors (Lipinski definition) is 0. The van der Waals surface area contributed by atoms with Gasteiger partial charge in [-0.05, 0) is 299 Å². The van der Waals surface area contributed by atoms with Gasteiger partial charge < -0.3 is 14.7 Å². The second-order valence-corrected chi connectivity index (χ2v) is 32.7. The normalized spacial score (nSPS) is 37.3. The molecule has 15 fully saturated rings. The van der Waals surface area contributed by atoms with Gasteiger partial charge in [-0.15, -0.1) is 0 Å². The van der Waals surface area contributed by atoms with E-state index >= 15 is 0 Å². The minimum atomic E-state index is 0. The molecule has 0 aromatic carbocycles. The second-order valence-electron chi connectivity index (χ2n) is 32.7. The second kappa shape index (κ2) is 33.4. The van der Waals surface area contributed by atoms with Crippen molar-refractivity contribution in [2.24, 2.45) is 11.8 Å². The minimum Gasteiger partial charge on any atom is -0.305 e. The summed E-state index contributed by atoms with van der Waals surface area (Å²) in [7, 11) is 11.4. The van der Waals surface area contributed by atoms with Crippen LogP contribution in [-0.2, 0) is 0 Å². The van der Waals surface area contributed by atoms with Gasteiger partial charge >= 0.3 is 0 Å². The van der Waals surface area contributed by atoms with Gasteiger partial charge in [0, 0.05) is 167 Å². The summed E-state index contributed by atoms with van der Waals surface area (Å²) in [5.74, 6) is 2.17. The summed E-state index contributed by atoms with van der Waals surface area (Å²) in [5.41, 5.74) is 0. The van der Waals surface area contributed by atoms with Gasteiger partial charge in [0.25, 0.3) is 0 Å². The van der Waals surface area contributed by atoms with Gasteiger partial charge in [-0.25, -0.2) is 0 Å². The highest BCUT2D eigenvalue weighted by atomic mass is 15.4. The SMILES string of the molecule is C.CC(C)N1C2CCC1CN(C)C2.CC(C)N1C2CCC1CN(C)CC2.CC(C)N1CC2CC1CN2C.CC(C)N1CC2CCC(C1)N2C.CC(C)N1CCC2CCC(C1)N2C.CC(C)N1CCC2CCC1C2.CC(C)N1CCC2CCC1CC2. The Labute approximate surface area is 529 Å². The molecule has 85 heavy (non-hydrogen) atoms. The summed E-state index contributed by atoms with van der Waals surface area (Å²) in [5, 5.41) is 0. The lowest BCUT2D eigenvalue weighted by molar-refractivity contribution is 0.0567. The summed E-state index contributed by atoms with van der Waals surface area (Å²) in [6.07, 6.45) is 29.0. The number of nitrogens with zero attached hydrogens (tertiary/aromatic N) is 12. The highest BCUT2D eigenvalue weighted by molar-refractivity contribution is 5.01. The maximum Gasteiger partial charge on any atom is 0.0241 e. The molecule has 2 saturated carbocycles. The van der Waals surface area contributed by atoms with Crippen molar-refractivity contribution in [3.05, 3.63) is 0 Å². The number of rotatable bonds is 7. The van der Waals surface area contributed by atoms with Gasteiger partial charge in [0.05, 0.1) is 0 Å². The first-order chi connectivity index (χ1) is 39.9. The minimum absolute atomic E-state index is 0. The Kier molecular flexibility index (Phi) is 28.3. The number of hydrogen-bond acceptors (Lipinski definition) is 12. The summed E-state index contributed by atoms with van der Waals surface area (Å²) >= 11 is 0. The van der Waals surface area contributed by atoms with Gasteiger partial charge in [0.1, 0.15) is 0 Å². The number of fused-ring (bicyclic) bond motifs is 16. The third kappa shape index (κ3) is 19.1. The zero-order valence-electron chi connectivity index (χ0n) is 59.1. The maximum atomic E-state index is 2.75. The fraction of sp³-hybridized carbons (Fsp3) is 1.00.